The van der Waals surface area contributed by atoms with Gasteiger partial charge in [0, 0.05) is 29.9 Å². The van der Waals surface area contributed by atoms with Gasteiger partial charge in [0.25, 0.3) is 0 Å². The number of rotatable bonds is 8. The van der Waals surface area contributed by atoms with Gasteiger partial charge in [0.15, 0.2) is 6.04 Å². The summed E-state index contributed by atoms with van der Waals surface area (Å²) in [6, 6.07) is 15.2. The van der Waals surface area contributed by atoms with Gasteiger partial charge in [0.2, 0.25) is 11.8 Å². The van der Waals surface area contributed by atoms with Crippen molar-refractivity contribution in [3.63, 3.8) is 0 Å². The number of aromatic nitrogens is 1. The number of nitrogens with zero attached hydrogens (tertiary/aromatic N) is 2. The minimum absolute atomic E-state index is 0.0663. The molecule has 1 aromatic carbocycles. The van der Waals surface area contributed by atoms with Crippen LogP contribution in [-0.4, -0.2) is 22.4 Å². The molecule has 1 N–H and O–H groups in total. The molecule has 1 fully saturated rings. The molecule has 3 aromatic rings. The molecule has 33 heavy (non-hydrogen) atoms. The number of carbonyl (C=O) groups excluding carboxylic acids is 2. The van der Waals surface area contributed by atoms with E-state index in [0.29, 0.717) is 0 Å². The molecule has 0 spiro atoms. The van der Waals surface area contributed by atoms with Gasteiger partial charge in [0.05, 0.1) is 12.1 Å². The number of aryl methyl sites for hydroxylation is 2. The molecular formula is C27H33N3O2S. The van der Waals surface area contributed by atoms with E-state index in [0.717, 1.165) is 53.9 Å². The average molecular weight is 464 g/mol. The van der Waals surface area contributed by atoms with Crippen LogP contribution >= 0.6 is 11.3 Å². The van der Waals surface area contributed by atoms with Gasteiger partial charge in [-0.3, -0.25) is 14.5 Å². The maximum absolute atomic E-state index is 13.9. The van der Waals surface area contributed by atoms with Crippen LogP contribution in [-0.2, 0) is 29.5 Å². The van der Waals surface area contributed by atoms with Crippen molar-refractivity contribution in [3.05, 3.63) is 76.2 Å². The highest BCUT2D eigenvalue weighted by Crippen LogP contribution is 2.33. The molecule has 2 aromatic heterocycles. The van der Waals surface area contributed by atoms with Crippen LogP contribution in [0.3, 0.4) is 0 Å². The summed E-state index contributed by atoms with van der Waals surface area (Å²) in [7, 11) is 1.93. The van der Waals surface area contributed by atoms with Crippen LogP contribution in [0.15, 0.2) is 60.1 Å². The van der Waals surface area contributed by atoms with Gasteiger partial charge in [-0.15, -0.1) is 11.3 Å². The van der Waals surface area contributed by atoms with Crippen molar-refractivity contribution in [1.29, 1.82) is 0 Å². The van der Waals surface area contributed by atoms with E-state index >= 15 is 0 Å². The monoisotopic (exact) mass is 463 g/mol. The van der Waals surface area contributed by atoms with E-state index in [1.165, 1.54) is 6.42 Å². The third-order valence-electron chi connectivity index (χ3n) is 6.53. The highest BCUT2D eigenvalue weighted by Gasteiger charge is 2.36. The minimum atomic E-state index is -0.730. The van der Waals surface area contributed by atoms with Crippen LogP contribution in [0.25, 0.3) is 0 Å². The van der Waals surface area contributed by atoms with Gasteiger partial charge in [-0.2, -0.15) is 0 Å². The average Bonchev–Trinajstić information content (AvgIpc) is 3.49. The number of nitrogens with one attached hydrogen (secondary N) is 1. The summed E-state index contributed by atoms with van der Waals surface area (Å²) in [4.78, 5) is 30.5. The standard InChI is InChI=1S/C27H33N3O2S/c1-3-20-11-7-8-15-23(20)30(25(31)19-22-14-10-18-33-22)26(24-16-9-17-29(24)2)27(32)28-21-12-5-4-6-13-21/h7-11,14-18,21,26H,3-6,12-13,19H2,1-2H3,(H,28,32)/t26-/m1/s1. The summed E-state index contributed by atoms with van der Waals surface area (Å²) < 4.78 is 1.95. The Bertz CT molecular complexity index is 1070. The molecule has 0 aliphatic heterocycles. The van der Waals surface area contributed by atoms with E-state index in [-0.39, 0.29) is 24.3 Å². The van der Waals surface area contributed by atoms with Gasteiger partial charge in [-0.1, -0.05) is 50.5 Å². The van der Waals surface area contributed by atoms with E-state index in [2.05, 4.69) is 12.2 Å². The van der Waals surface area contributed by atoms with Crippen LogP contribution in [0, 0.1) is 0 Å². The molecule has 6 heteroatoms. The lowest BCUT2D eigenvalue weighted by Gasteiger charge is -2.34. The molecule has 2 amide bonds. The first kappa shape index (κ1) is 23.3. The Morgan fingerprint density at radius 2 is 1.88 bits per heavy atom. The van der Waals surface area contributed by atoms with Crippen molar-refractivity contribution in [1.82, 2.24) is 9.88 Å². The van der Waals surface area contributed by atoms with Crippen LogP contribution in [0.4, 0.5) is 5.69 Å². The molecule has 4 rings (SSSR count). The van der Waals surface area contributed by atoms with Crippen molar-refractivity contribution in [2.75, 3.05) is 4.90 Å². The molecule has 0 radical (unpaired) electrons. The number of carbonyl (C=O) groups is 2. The summed E-state index contributed by atoms with van der Waals surface area (Å²) in [6.07, 6.45) is 8.49. The summed E-state index contributed by atoms with van der Waals surface area (Å²) in [5.41, 5.74) is 2.68. The third kappa shape index (κ3) is 5.38. The molecule has 1 saturated carbocycles. The molecule has 0 saturated heterocycles. The summed E-state index contributed by atoms with van der Waals surface area (Å²) in [6.45, 7) is 2.08. The first-order valence-electron chi connectivity index (χ1n) is 11.9. The van der Waals surface area contributed by atoms with Gasteiger partial charge < -0.3 is 9.88 Å². The zero-order chi connectivity index (χ0) is 23.2. The summed E-state index contributed by atoms with van der Waals surface area (Å²) in [5.74, 6) is -0.169. The number of anilines is 1. The predicted octanol–water partition coefficient (Wildman–Crippen LogP) is 5.41. The lowest BCUT2D eigenvalue weighted by Crippen LogP contribution is -2.48. The molecule has 1 aliphatic carbocycles. The van der Waals surface area contributed by atoms with Crippen molar-refractivity contribution < 1.29 is 9.59 Å². The lowest BCUT2D eigenvalue weighted by molar-refractivity contribution is -0.127. The third-order valence-corrected chi connectivity index (χ3v) is 7.40. The number of hydrogen-bond acceptors (Lipinski definition) is 3. The Labute approximate surface area is 200 Å². The van der Waals surface area contributed by atoms with Crippen molar-refractivity contribution >= 4 is 28.8 Å². The lowest BCUT2D eigenvalue weighted by atomic mass is 9.95. The minimum Gasteiger partial charge on any atom is -0.352 e. The van der Waals surface area contributed by atoms with Gasteiger partial charge in [-0.05, 0) is 54.5 Å². The fourth-order valence-corrected chi connectivity index (χ4v) is 5.47. The Hall–Kier alpha value is -2.86. The number of thiophene rings is 1. The molecule has 174 valence electrons. The Morgan fingerprint density at radius 3 is 2.55 bits per heavy atom. The molecule has 2 heterocycles. The first-order valence-corrected chi connectivity index (χ1v) is 12.8. The first-order chi connectivity index (χ1) is 16.1. The normalized spacial score (nSPS) is 15.2. The molecule has 0 bridgehead atoms. The van der Waals surface area contributed by atoms with E-state index in [1.807, 2.05) is 71.7 Å². The fraction of sp³-hybridized carbons (Fsp3) is 0.407. The fourth-order valence-electron chi connectivity index (χ4n) is 4.78. The molecule has 1 atom stereocenters. The predicted molar refractivity (Wildman–Crippen MR) is 134 cm³/mol. The summed E-state index contributed by atoms with van der Waals surface area (Å²) >= 11 is 1.57. The molecular weight excluding hydrogens is 430 g/mol. The number of amides is 2. The zero-order valence-corrected chi connectivity index (χ0v) is 20.3. The number of hydrogen-bond donors (Lipinski definition) is 1. The Morgan fingerprint density at radius 1 is 1.09 bits per heavy atom. The topological polar surface area (TPSA) is 54.3 Å². The largest absolute Gasteiger partial charge is 0.352 e. The van der Waals surface area contributed by atoms with Crippen LogP contribution in [0.2, 0.25) is 0 Å². The maximum atomic E-state index is 13.9. The molecule has 0 unspecified atom stereocenters. The van der Waals surface area contributed by atoms with Gasteiger partial charge in [-0.25, -0.2) is 0 Å². The summed E-state index contributed by atoms with van der Waals surface area (Å²) in [5, 5.41) is 5.28. The zero-order valence-electron chi connectivity index (χ0n) is 19.5. The van der Waals surface area contributed by atoms with Crippen molar-refractivity contribution in [3.8, 4) is 0 Å². The van der Waals surface area contributed by atoms with E-state index < -0.39 is 6.04 Å². The molecule has 5 nitrogen and oxygen atoms in total. The van der Waals surface area contributed by atoms with Gasteiger partial charge in [0.1, 0.15) is 0 Å². The smallest absolute Gasteiger partial charge is 0.249 e. The van der Waals surface area contributed by atoms with Crippen LogP contribution in [0.5, 0.6) is 0 Å². The second kappa shape index (κ2) is 10.8. The second-order valence-corrected chi connectivity index (χ2v) is 9.82. The SMILES string of the molecule is CCc1ccccc1N(C(=O)Cc1cccs1)[C@@H](C(=O)NC1CCCCC1)c1cccn1C. The Balaban J connectivity index is 1.77. The number of benzene rings is 1. The Kier molecular flexibility index (Phi) is 7.65. The van der Waals surface area contributed by atoms with Gasteiger partial charge >= 0.3 is 0 Å². The van der Waals surface area contributed by atoms with E-state index in [1.54, 1.807) is 16.2 Å². The highest BCUT2D eigenvalue weighted by molar-refractivity contribution is 7.10. The quantitative estimate of drug-likeness (QED) is 0.485. The van der Waals surface area contributed by atoms with Crippen LogP contribution in [0.1, 0.15) is 61.2 Å². The molecule has 1 aliphatic rings. The number of para-hydroxylation sites is 1. The second-order valence-electron chi connectivity index (χ2n) is 8.79. The van der Waals surface area contributed by atoms with Crippen molar-refractivity contribution in [2.24, 2.45) is 7.05 Å². The van der Waals surface area contributed by atoms with Crippen molar-refractivity contribution in [2.45, 2.75) is 64.0 Å². The van der Waals surface area contributed by atoms with E-state index in [4.69, 9.17) is 0 Å². The highest BCUT2D eigenvalue weighted by atomic mass is 32.1. The van der Waals surface area contributed by atoms with E-state index in [9.17, 15) is 9.59 Å². The maximum Gasteiger partial charge on any atom is 0.249 e. The van der Waals surface area contributed by atoms with Crippen LogP contribution < -0.4 is 10.2 Å².